The first-order valence-corrected chi connectivity index (χ1v) is 4.84. The minimum atomic E-state index is -0.286. The summed E-state index contributed by atoms with van der Waals surface area (Å²) in [6.45, 7) is 6.40. The maximum Gasteiger partial charge on any atom is 0.108 e. The number of rotatable bonds is 1. The van der Waals surface area contributed by atoms with Crippen molar-refractivity contribution in [3.05, 3.63) is 0 Å². The molecule has 2 heteroatoms. The van der Waals surface area contributed by atoms with E-state index in [1.165, 1.54) is 19.3 Å². The molecule has 12 heavy (non-hydrogen) atoms. The molecule has 1 fully saturated rings. The van der Waals surface area contributed by atoms with Crippen LogP contribution < -0.4 is 0 Å². The summed E-state index contributed by atoms with van der Waals surface area (Å²) in [6, 6.07) is 0. The van der Waals surface area contributed by atoms with E-state index in [-0.39, 0.29) is 11.0 Å². The van der Waals surface area contributed by atoms with Crippen LogP contribution in [-0.4, -0.2) is 10.9 Å². The summed E-state index contributed by atoms with van der Waals surface area (Å²) in [7, 11) is 0. The highest BCUT2D eigenvalue weighted by molar-refractivity contribution is 4.93. The summed E-state index contributed by atoms with van der Waals surface area (Å²) in [5.74, 6) is 0. The normalized spacial score (nSPS) is 24.0. The summed E-state index contributed by atoms with van der Waals surface area (Å²) in [6.07, 6.45) is 5.62. The lowest BCUT2D eigenvalue weighted by atomic mass is 9.68. The van der Waals surface area contributed by atoms with Gasteiger partial charge in [-0.15, -0.1) is 0 Å². The lowest BCUT2D eigenvalue weighted by Crippen LogP contribution is -2.46. The van der Waals surface area contributed by atoms with Gasteiger partial charge in [-0.05, 0) is 18.3 Å². The Bertz CT molecular complexity index is 140. The lowest BCUT2D eigenvalue weighted by Gasteiger charge is -2.44. The van der Waals surface area contributed by atoms with Crippen molar-refractivity contribution >= 4 is 0 Å². The predicted octanol–water partition coefficient (Wildman–Crippen LogP) is 3.23. The molecule has 1 aliphatic rings. The van der Waals surface area contributed by atoms with Crippen molar-refractivity contribution in [3.8, 4) is 0 Å². The number of hydrogen-bond donors (Lipinski definition) is 1. The Hall–Kier alpha value is -0.0800. The molecule has 0 amide bonds. The van der Waals surface area contributed by atoms with Crippen molar-refractivity contribution in [1.29, 1.82) is 0 Å². The van der Waals surface area contributed by atoms with Crippen LogP contribution in [0.3, 0.4) is 0 Å². The Kier molecular flexibility index (Phi) is 2.79. The summed E-state index contributed by atoms with van der Waals surface area (Å²) >= 11 is 0. The van der Waals surface area contributed by atoms with Crippen molar-refractivity contribution in [1.82, 2.24) is 0 Å². The fourth-order valence-corrected chi connectivity index (χ4v) is 2.10. The Balaban J connectivity index is 2.73. The second kappa shape index (κ2) is 3.35. The second-order valence-corrected chi connectivity index (χ2v) is 4.90. The third-order valence-electron chi connectivity index (χ3n) is 3.20. The monoisotopic (exact) mass is 172 g/mol. The zero-order valence-corrected chi connectivity index (χ0v) is 8.39. The number of hydrogen-bond acceptors (Lipinski definition) is 2. The zero-order valence-electron chi connectivity index (χ0n) is 8.39. The average molecular weight is 172 g/mol. The van der Waals surface area contributed by atoms with E-state index in [1.54, 1.807) is 0 Å². The summed E-state index contributed by atoms with van der Waals surface area (Å²) in [5, 5.41) is 8.98. The molecule has 0 heterocycles. The smallest absolute Gasteiger partial charge is 0.108 e. The molecule has 0 aromatic carbocycles. The average Bonchev–Trinajstić information content (AvgIpc) is 2.04. The van der Waals surface area contributed by atoms with Crippen molar-refractivity contribution in [3.63, 3.8) is 0 Å². The topological polar surface area (TPSA) is 29.5 Å². The third kappa shape index (κ3) is 1.64. The van der Waals surface area contributed by atoms with Crippen molar-refractivity contribution in [2.45, 2.75) is 58.5 Å². The first-order valence-electron chi connectivity index (χ1n) is 4.84. The highest BCUT2D eigenvalue weighted by Gasteiger charge is 2.44. The summed E-state index contributed by atoms with van der Waals surface area (Å²) in [5.41, 5.74) is -0.243. The maximum absolute atomic E-state index is 8.98. The Labute approximate surface area is 74.9 Å². The van der Waals surface area contributed by atoms with Crippen LogP contribution in [0.15, 0.2) is 0 Å². The molecule has 1 aliphatic carbocycles. The molecule has 72 valence electrons. The van der Waals surface area contributed by atoms with Crippen LogP contribution in [0, 0.1) is 5.41 Å². The Morgan fingerprint density at radius 2 is 1.58 bits per heavy atom. The van der Waals surface area contributed by atoms with E-state index in [1.807, 2.05) is 0 Å². The minimum absolute atomic E-state index is 0.0438. The summed E-state index contributed by atoms with van der Waals surface area (Å²) in [4.78, 5) is 4.74. The first kappa shape index (κ1) is 10.0. The van der Waals surface area contributed by atoms with Crippen LogP contribution in [0.5, 0.6) is 0 Å². The fourth-order valence-electron chi connectivity index (χ4n) is 2.10. The highest BCUT2D eigenvalue weighted by Crippen LogP contribution is 2.44. The zero-order chi connectivity index (χ0) is 9.24. The van der Waals surface area contributed by atoms with E-state index < -0.39 is 0 Å². The third-order valence-corrected chi connectivity index (χ3v) is 3.20. The van der Waals surface area contributed by atoms with Gasteiger partial charge in [0.25, 0.3) is 0 Å². The van der Waals surface area contributed by atoms with Gasteiger partial charge in [0.15, 0.2) is 0 Å². The van der Waals surface area contributed by atoms with Gasteiger partial charge in [-0.2, -0.15) is 0 Å². The lowest BCUT2D eigenvalue weighted by molar-refractivity contribution is -0.356. The summed E-state index contributed by atoms with van der Waals surface area (Å²) < 4.78 is 0. The maximum atomic E-state index is 8.98. The molecule has 0 unspecified atom stereocenters. The molecule has 0 saturated heterocycles. The van der Waals surface area contributed by atoms with Gasteiger partial charge in [0.05, 0.1) is 0 Å². The largest absolute Gasteiger partial charge is 0.251 e. The van der Waals surface area contributed by atoms with E-state index in [2.05, 4.69) is 20.8 Å². The molecule has 0 bridgehead atoms. The molecule has 1 rings (SSSR count). The molecule has 2 nitrogen and oxygen atoms in total. The fraction of sp³-hybridized carbons (Fsp3) is 1.00. The molecule has 0 atom stereocenters. The Morgan fingerprint density at radius 1 is 1.08 bits per heavy atom. The van der Waals surface area contributed by atoms with Gasteiger partial charge < -0.3 is 0 Å². The molecule has 0 aromatic heterocycles. The van der Waals surface area contributed by atoms with Crippen molar-refractivity contribution in [2.75, 3.05) is 0 Å². The highest BCUT2D eigenvalue weighted by atomic mass is 17.1. The van der Waals surface area contributed by atoms with Crippen LogP contribution in [0.2, 0.25) is 0 Å². The van der Waals surface area contributed by atoms with Crippen LogP contribution >= 0.6 is 0 Å². The van der Waals surface area contributed by atoms with Crippen molar-refractivity contribution in [2.24, 2.45) is 5.41 Å². The van der Waals surface area contributed by atoms with Gasteiger partial charge in [0.1, 0.15) is 5.60 Å². The van der Waals surface area contributed by atoms with Gasteiger partial charge in [0.2, 0.25) is 0 Å². The van der Waals surface area contributed by atoms with Crippen LogP contribution in [-0.2, 0) is 4.89 Å². The van der Waals surface area contributed by atoms with Crippen molar-refractivity contribution < 1.29 is 10.1 Å². The van der Waals surface area contributed by atoms with Gasteiger partial charge >= 0.3 is 0 Å². The molecule has 0 aromatic rings. The van der Waals surface area contributed by atoms with Crippen LogP contribution in [0.25, 0.3) is 0 Å². The Morgan fingerprint density at radius 3 is 1.83 bits per heavy atom. The minimum Gasteiger partial charge on any atom is -0.251 e. The predicted molar refractivity (Wildman–Crippen MR) is 49.0 cm³/mol. The molecular formula is C10H20O2. The quantitative estimate of drug-likeness (QED) is 0.486. The van der Waals surface area contributed by atoms with Gasteiger partial charge in [-0.1, -0.05) is 40.0 Å². The van der Waals surface area contributed by atoms with E-state index in [0.29, 0.717) is 0 Å². The van der Waals surface area contributed by atoms with E-state index in [9.17, 15) is 0 Å². The van der Waals surface area contributed by atoms with Gasteiger partial charge in [0, 0.05) is 0 Å². The molecule has 0 spiro atoms. The SMILES string of the molecule is CC(C)(C)C1(OO)CCCCC1. The molecule has 0 radical (unpaired) electrons. The van der Waals surface area contributed by atoms with Gasteiger partial charge in [-0.3, -0.25) is 5.26 Å². The van der Waals surface area contributed by atoms with Crippen LogP contribution in [0.1, 0.15) is 52.9 Å². The van der Waals surface area contributed by atoms with Crippen LogP contribution in [0.4, 0.5) is 0 Å². The molecule has 1 N–H and O–H groups in total. The standard InChI is InChI=1S/C10H20O2/c1-9(2,3)10(12-11)7-5-4-6-8-10/h11H,4-8H2,1-3H3. The molecular weight excluding hydrogens is 152 g/mol. The van der Waals surface area contributed by atoms with E-state index in [4.69, 9.17) is 10.1 Å². The first-order chi connectivity index (χ1) is 5.52. The van der Waals surface area contributed by atoms with E-state index >= 15 is 0 Å². The van der Waals surface area contributed by atoms with E-state index in [0.717, 1.165) is 12.8 Å². The molecule has 0 aliphatic heterocycles. The van der Waals surface area contributed by atoms with Gasteiger partial charge in [-0.25, -0.2) is 4.89 Å². The second-order valence-electron chi connectivity index (χ2n) is 4.90. The molecule has 1 saturated carbocycles.